The Kier molecular flexibility index (Phi) is 35.1. The Bertz CT molecular complexity index is 1450. The van der Waals surface area contributed by atoms with E-state index in [2.05, 4.69) is 92.1 Å². The lowest BCUT2D eigenvalue weighted by Gasteiger charge is -2.46. The first-order chi connectivity index (χ1) is 32.6. The highest BCUT2D eigenvalue weighted by Crippen LogP contribution is 2.30. The molecule has 2 rings (SSSR count). The third-order valence-corrected chi connectivity index (χ3v) is 11.8. The molecule has 2 heterocycles. The number of carbonyl (C=O) groups is 1. The number of rotatable bonds is 37. The molecule has 2 fully saturated rings. The monoisotopic (exact) mass is 948 g/mol. The molecule has 14 heteroatoms. The van der Waals surface area contributed by atoms with E-state index in [4.69, 9.17) is 18.9 Å². The molecule has 0 saturated carbocycles. The van der Waals surface area contributed by atoms with E-state index in [9.17, 15) is 45.6 Å². The van der Waals surface area contributed by atoms with Crippen molar-refractivity contribution in [2.45, 2.75) is 222 Å². The van der Waals surface area contributed by atoms with Crippen molar-refractivity contribution in [2.24, 2.45) is 0 Å². The van der Waals surface area contributed by atoms with Gasteiger partial charge in [0.1, 0.15) is 48.8 Å². The second kappa shape index (κ2) is 39.0. The number of aliphatic hydroxyl groups excluding tert-OH is 8. The predicted octanol–water partition coefficient (Wildman–Crippen LogP) is 6.60. The van der Waals surface area contributed by atoms with Crippen molar-refractivity contribution < 1.29 is 64.6 Å². The Hall–Kier alpha value is -2.83. The van der Waals surface area contributed by atoms with E-state index in [1.165, 1.54) is 25.7 Å². The van der Waals surface area contributed by atoms with Crippen LogP contribution in [0.1, 0.15) is 149 Å². The maximum Gasteiger partial charge on any atom is 0.220 e. The van der Waals surface area contributed by atoms with E-state index in [-0.39, 0.29) is 18.9 Å². The van der Waals surface area contributed by atoms with Gasteiger partial charge in [0.15, 0.2) is 12.6 Å². The topological polar surface area (TPSA) is 228 Å². The van der Waals surface area contributed by atoms with Gasteiger partial charge in [-0.25, -0.2) is 0 Å². The summed E-state index contributed by atoms with van der Waals surface area (Å²) in [5.41, 5.74) is 0. The Labute approximate surface area is 401 Å². The third-order valence-electron chi connectivity index (χ3n) is 11.8. The Balaban J connectivity index is 1.80. The molecule has 9 N–H and O–H groups in total. The summed E-state index contributed by atoms with van der Waals surface area (Å²) in [6, 6.07) is -0.940. The number of hydrogen-bond donors (Lipinski definition) is 9. The van der Waals surface area contributed by atoms with E-state index in [1.807, 2.05) is 6.08 Å². The van der Waals surface area contributed by atoms with Crippen molar-refractivity contribution >= 4 is 5.91 Å². The van der Waals surface area contributed by atoms with Crippen molar-refractivity contribution in [1.82, 2.24) is 5.32 Å². The minimum Gasteiger partial charge on any atom is -0.394 e. The molecule has 67 heavy (non-hydrogen) atoms. The van der Waals surface area contributed by atoms with Crippen LogP contribution in [0.2, 0.25) is 0 Å². The van der Waals surface area contributed by atoms with Crippen LogP contribution >= 0.6 is 0 Å². The van der Waals surface area contributed by atoms with E-state index >= 15 is 0 Å². The van der Waals surface area contributed by atoms with Crippen molar-refractivity contribution in [2.75, 3.05) is 19.8 Å². The minimum atomic E-state index is -1.79. The largest absolute Gasteiger partial charge is 0.394 e. The lowest BCUT2D eigenvalue weighted by atomic mass is 9.97. The Morgan fingerprint density at radius 1 is 0.552 bits per heavy atom. The number of allylic oxidation sites excluding steroid dienone is 13. The van der Waals surface area contributed by atoms with Crippen LogP contribution in [0.5, 0.6) is 0 Å². The van der Waals surface area contributed by atoms with Gasteiger partial charge in [-0.1, -0.05) is 150 Å². The smallest absolute Gasteiger partial charge is 0.220 e. The zero-order valence-corrected chi connectivity index (χ0v) is 40.6. The average Bonchev–Trinajstić information content (AvgIpc) is 3.32. The van der Waals surface area contributed by atoms with Crippen LogP contribution < -0.4 is 5.32 Å². The predicted molar refractivity (Wildman–Crippen MR) is 263 cm³/mol. The molecule has 12 atom stereocenters. The highest BCUT2D eigenvalue weighted by Gasteiger charge is 2.51. The van der Waals surface area contributed by atoms with Crippen LogP contribution in [-0.4, -0.2) is 140 Å². The second-order valence-corrected chi connectivity index (χ2v) is 17.6. The summed E-state index contributed by atoms with van der Waals surface area (Å²) in [5, 5.41) is 86.6. The maximum absolute atomic E-state index is 13.1. The minimum absolute atomic E-state index is 0.255. The number of aliphatic hydroxyl groups is 8. The van der Waals surface area contributed by atoms with Gasteiger partial charge in [0.2, 0.25) is 5.91 Å². The summed E-state index contributed by atoms with van der Waals surface area (Å²) in [5.74, 6) is -0.268. The quantitative estimate of drug-likeness (QED) is 0.0237. The fraction of sp³-hybridized carbons (Fsp3) is 0.717. The van der Waals surface area contributed by atoms with Crippen molar-refractivity contribution in [1.29, 1.82) is 0 Å². The SMILES string of the molecule is CC/C=C\C/C=C\C/C=C\C/C=C\C/C=C\CCCCCCCCCC(=O)NC(COC1OC(CO)C(OC2OC(CO)C(O)C(O)C2O)C(O)C1O)C(O)/C=C/CC/C=C/CCCCCC. The van der Waals surface area contributed by atoms with Crippen LogP contribution in [0.15, 0.2) is 85.1 Å². The van der Waals surface area contributed by atoms with Gasteiger partial charge in [0.25, 0.3) is 0 Å². The first-order valence-corrected chi connectivity index (χ1v) is 25.3. The molecular weight excluding hydrogens is 859 g/mol. The standard InChI is InChI=1S/C53H89NO13/c1-3-5-7-9-11-13-15-16-17-18-19-20-21-22-23-24-25-26-27-29-31-33-35-37-45(58)54-41(42(57)36-34-32-30-28-14-12-10-8-6-4-2)40-64-52-50(63)48(61)51(44(39-56)66-52)67-53-49(62)47(60)46(59)43(38-55)65-53/h5,7,11,13-14,16-17,19-20,22-23,28,34,36,41-44,46-53,55-57,59-63H,3-4,6,8-10,12,15,18,21,24-27,29-33,35,37-40H2,1-2H3,(H,54,58)/b7-5-,13-11-,17-16-,20-19-,23-22-,28-14+,36-34+. The van der Waals surface area contributed by atoms with E-state index in [0.717, 1.165) is 89.9 Å². The number of hydrogen-bond acceptors (Lipinski definition) is 13. The third kappa shape index (κ3) is 26.1. The van der Waals surface area contributed by atoms with Gasteiger partial charge < -0.3 is 65.1 Å². The summed E-state index contributed by atoms with van der Waals surface area (Å²) in [7, 11) is 0. The molecule has 384 valence electrons. The number of nitrogens with one attached hydrogen (secondary N) is 1. The van der Waals surface area contributed by atoms with E-state index in [0.29, 0.717) is 12.8 Å². The molecule has 0 aliphatic carbocycles. The molecule has 0 aromatic carbocycles. The van der Waals surface area contributed by atoms with Gasteiger partial charge in [-0.15, -0.1) is 0 Å². The lowest BCUT2D eigenvalue weighted by Crippen LogP contribution is -2.65. The highest BCUT2D eigenvalue weighted by molar-refractivity contribution is 5.76. The molecule has 12 unspecified atom stereocenters. The Morgan fingerprint density at radius 3 is 1.64 bits per heavy atom. The average molecular weight is 948 g/mol. The summed E-state index contributed by atoms with van der Waals surface area (Å²) in [6.45, 7) is 2.57. The van der Waals surface area contributed by atoms with Crippen molar-refractivity contribution in [3.8, 4) is 0 Å². The zero-order valence-electron chi connectivity index (χ0n) is 40.6. The number of amides is 1. The highest BCUT2D eigenvalue weighted by atomic mass is 16.7. The summed E-state index contributed by atoms with van der Waals surface area (Å²) in [6.07, 6.45) is 33.5. The molecule has 2 aliphatic heterocycles. The van der Waals surface area contributed by atoms with Crippen LogP contribution in [0.4, 0.5) is 0 Å². The van der Waals surface area contributed by atoms with Crippen LogP contribution in [0, 0.1) is 0 Å². The molecule has 0 bridgehead atoms. The van der Waals surface area contributed by atoms with E-state index < -0.39 is 86.8 Å². The molecule has 0 aromatic heterocycles. The normalized spacial score (nSPS) is 27.3. The van der Waals surface area contributed by atoms with Gasteiger partial charge >= 0.3 is 0 Å². The first kappa shape index (κ1) is 60.3. The number of carbonyl (C=O) groups excluding carboxylic acids is 1. The zero-order chi connectivity index (χ0) is 48.9. The maximum atomic E-state index is 13.1. The van der Waals surface area contributed by atoms with Gasteiger partial charge in [0, 0.05) is 6.42 Å². The molecule has 0 spiro atoms. The van der Waals surface area contributed by atoms with Gasteiger partial charge in [-0.05, 0) is 77.0 Å². The Morgan fingerprint density at radius 2 is 1.04 bits per heavy atom. The molecule has 0 aromatic rings. The van der Waals surface area contributed by atoms with Crippen molar-refractivity contribution in [3.05, 3.63) is 85.1 Å². The summed E-state index contributed by atoms with van der Waals surface area (Å²) < 4.78 is 22.6. The van der Waals surface area contributed by atoms with Crippen molar-refractivity contribution in [3.63, 3.8) is 0 Å². The fourth-order valence-electron chi connectivity index (χ4n) is 7.68. The van der Waals surface area contributed by atoms with E-state index in [1.54, 1.807) is 6.08 Å². The molecule has 1 amide bonds. The summed E-state index contributed by atoms with van der Waals surface area (Å²) in [4.78, 5) is 13.1. The van der Waals surface area contributed by atoms with Gasteiger partial charge in [-0.2, -0.15) is 0 Å². The number of ether oxygens (including phenoxy) is 4. The first-order valence-electron chi connectivity index (χ1n) is 25.3. The number of unbranched alkanes of at least 4 members (excludes halogenated alkanes) is 12. The summed E-state index contributed by atoms with van der Waals surface area (Å²) >= 11 is 0. The van der Waals surface area contributed by atoms with Gasteiger partial charge in [-0.3, -0.25) is 4.79 Å². The van der Waals surface area contributed by atoms with Crippen LogP contribution in [0.25, 0.3) is 0 Å². The van der Waals surface area contributed by atoms with Crippen LogP contribution in [-0.2, 0) is 23.7 Å². The lowest BCUT2D eigenvalue weighted by molar-refractivity contribution is -0.359. The van der Waals surface area contributed by atoms with Gasteiger partial charge in [0.05, 0.1) is 32.0 Å². The molecule has 14 nitrogen and oxygen atoms in total. The van der Waals surface area contributed by atoms with Crippen LogP contribution in [0.3, 0.4) is 0 Å². The molecule has 2 saturated heterocycles. The molecule has 0 radical (unpaired) electrons. The fourth-order valence-corrected chi connectivity index (χ4v) is 7.68. The molecule has 2 aliphatic rings. The molecular formula is C53H89NO13. The second-order valence-electron chi connectivity index (χ2n) is 17.6.